The van der Waals surface area contributed by atoms with Gasteiger partial charge >= 0.3 is 17.9 Å². The lowest BCUT2D eigenvalue weighted by molar-refractivity contribution is -0.228. The van der Waals surface area contributed by atoms with E-state index < -0.39 is 63.7 Å². The molecular formula is C46H57F2IN4O8. The van der Waals surface area contributed by atoms with E-state index in [1.54, 1.807) is 0 Å². The van der Waals surface area contributed by atoms with Gasteiger partial charge in [0.05, 0.1) is 27.4 Å². The number of esters is 3. The van der Waals surface area contributed by atoms with E-state index in [-0.39, 0.29) is 31.8 Å². The van der Waals surface area contributed by atoms with Crippen LogP contribution in [0.25, 0.3) is 10.9 Å². The molecule has 5 heterocycles. The Balaban J connectivity index is 1.46. The van der Waals surface area contributed by atoms with E-state index in [1.807, 2.05) is 67.1 Å². The number of likely N-dealkylation sites (N-methyl/N-ethyl adjacent to an activating group) is 1. The number of alkyl halides is 2. The zero-order valence-electron chi connectivity index (χ0n) is 36.2. The summed E-state index contributed by atoms with van der Waals surface area (Å²) >= 11 is 2.26. The highest BCUT2D eigenvalue weighted by molar-refractivity contribution is 14.1. The van der Waals surface area contributed by atoms with Crippen LogP contribution in [0.15, 0.2) is 42.5 Å². The van der Waals surface area contributed by atoms with Gasteiger partial charge < -0.3 is 33.9 Å². The quantitative estimate of drug-likeness (QED) is 0.112. The normalized spacial score (nSPS) is 32.4. The molecule has 330 valence electrons. The summed E-state index contributed by atoms with van der Waals surface area (Å²) in [7, 11) is 5.92. The summed E-state index contributed by atoms with van der Waals surface area (Å²) in [6.07, 6.45) is 4.18. The van der Waals surface area contributed by atoms with Gasteiger partial charge in [0.25, 0.3) is 0 Å². The summed E-state index contributed by atoms with van der Waals surface area (Å²) in [4.78, 5) is 52.5. The average Bonchev–Trinajstić information content (AvgIpc) is 3.88. The number of carbonyl (C=O) groups excluding carboxylic acids is 3. The second kappa shape index (κ2) is 15.5. The van der Waals surface area contributed by atoms with Gasteiger partial charge in [-0.25, -0.2) is 13.6 Å². The molecule has 8 atom stereocenters. The molecule has 61 heavy (non-hydrogen) atoms. The first-order chi connectivity index (χ1) is 28.9. The summed E-state index contributed by atoms with van der Waals surface area (Å²) in [6.45, 7) is 8.40. The van der Waals surface area contributed by atoms with Crippen LogP contribution in [0.2, 0.25) is 0 Å². The maximum atomic E-state index is 15.5. The van der Waals surface area contributed by atoms with Crippen molar-refractivity contribution in [3.05, 3.63) is 68.4 Å². The Kier molecular flexibility index (Phi) is 11.1. The van der Waals surface area contributed by atoms with Crippen LogP contribution in [-0.2, 0) is 46.0 Å². The summed E-state index contributed by atoms with van der Waals surface area (Å²) in [5, 5.41) is 14.2. The van der Waals surface area contributed by atoms with Crippen molar-refractivity contribution < 1.29 is 47.2 Å². The number of benzene rings is 2. The van der Waals surface area contributed by atoms with Crippen LogP contribution < -0.4 is 9.64 Å². The molecule has 1 aromatic heterocycles. The lowest BCUT2D eigenvalue weighted by Gasteiger charge is -2.63. The summed E-state index contributed by atoms with van der Waals surface area (Å²) < 4.78 is 55.7. The molecule has 1 unspecified atom stereocenters. The number of rotatable bonds is 8. The highest BCUT2D eigenvalue weighted by Gasteiger charge is 2.80. The first-order valence-electron chi connectivity index (χ1n) is 21.3. The standard InChI is InChI=1S/C46H57F2IN4O8/c1-9-43-16-12-19-53-20-18-45(37(43)53)31-22-32(35(58-6)23-34(31)51(5)38(45)46(57,41(56)60-8)39(43)61-26(3)54)44(40(55)59-7)17-11-13-27(42(4,47)48)24-52(10-2)25-30-29-21-28(49)14-15-33(29)50-36(30)44/h12,14-16,21-23,27,37-39,50,57H,9-11,13,17-20,24-25H2,1-8H3/t27?,37-,38+,39+,43+,44-,45+,46-/m0/s1. The number of H-pyrrole nitrogens is 1. The highest BCUT2D eigenvalue weighted by Crippen LogP contribution is 2.68. The van der Waals surface area contributed by atoms with E-state index in [0.717, 1.165) is 32.5 Å². The number of methoxy groups -OCH3 is 3. The van der Waals surface area contributed by atoms with Crippen LogP contribution in [0.4, 0.5) is 14.5 Å². The van der Waals surface area contributed by atoms with Crippen molar-refractivity contribution in [1.82, 2.24) is 14.8 Å². The second-order valence-corrected chi connectivity index (χ2v) is 19.1. The number of halogens is 3. The zero-order valence-corrected chi connectivity index (χ0v) is 38.4. The highest BCUT2D eigenvalue weighted by atomic mass is 127. The molecule has 1 spiro atoms. The molecule has 2 N–H and O–H groups in total. The molecule has 5 aliphatic rings. The first-order valence-corrected chi connectivity index (χ1v) is 22.4. The third kappa shape index (κ3) is 6.12. The van der Waals surface area contributed by atoms with Gasteiger partial charge in [-0.05, 0) is 104 Å². The Morgan fingerprint density at radius 1 is 1.03 bits per heavy atom. The monoisotopic (exact) mass is 958 g/mol. The third-order valence-corrected chi connectivity index (χ3v) is 15.8. The van der Waals surface area contributed by atoms with Crippen molar-refractivity contribution >= 4 is 57.1 Å². The minimum absolute atomic E-state index is 0.120. The fourth-order valence-electron chi connectivity index (χ4n) is 12.7. The number of aromatic nitrogens is 1. The minimum Gasteiger partial charge on any atom is -0.496 e. The Morgan fingerprint density at radius 3 is 2.41 bits per heavy atom. The molecule has 1 aliphatic carbocycles. The fourth-order valence-corrected chi connectivity index (χ4v) is 13.2. The van der Waals surface area contributed by atoms with Gasteiger partial charge in [0.15, 0.2) is 6.10 Å². The van der Waals surface area contributed by atoms with E-state index in [9.17, 15) is 14.7 Å². The Morgan fingerprint density at radius 2 is 1.77 bits per heavy atom. The molecule has 15 heteroatoms. The van der Waals surface area contributed by atoms with E-state index in [0.29, 0.717) is 61.7 Å². The second-order valence-electron chi connectivity index (χ2n) is 17.9. The summed E-state index contributed by atoms with van der Waals surface area (Å²) in [6, 6.07) is 8.54. The SMILES string of the molecule is CCN1Cc2c([nH]c3ccc(I)cc23)[C@@](C(=O)OC)(c2cc3c(cc2OC)N(C)[C@H]2[C@@](O)(C(=O)OC)[C@H](OC(C)=O)[C@]4(CC)C=CCN5CC[C@]32[C@@H]54)CCCC(C(C)(F)F)C1. The van der Waals surface area contributed by atoms with Crippen molar-refractivity contribution in [2.45, 2.75) is 107 Å². The van der Waals surface area contributed by atoms with Gasteiger partial charge in [-0.1, -0.05) is 32.4 Å². The molecule has 1 saturated carbocycles. The number of hydrogen-bond acceptors (Lipinski definition) is 11. The molecule has 8 rings (SSSR count). The predicted octanol–water partition coefficient (Wildman–Crippen LogP) is 6.46. The van der Waals surface area contributed by atoms with E-state index in [4.69, 9.17) is 18.9 Å². The fraction of sp³-hybridized carbons (Fsp3) is 0.587. The number of nitrogens with one attached hydrogen (secondary N) is 1. The smallest absolute Gasteiger partial charge is 0.344 e. The lowest BCUT2D eigenvalue weighted by atomic mass is 9.47. The third-order valence-electron chi connectivity index (χ3n) is 15.1. The molecule has 2 fully saturated rings. The van der Waals surface area contributed by atoms with Gasteiger partial charge in [0.2, 0.25) is 11.5 Å². The number of nitrogens with zero attached hydrogens (tertiary/aromatic N) is 3. The topological polar surface area (TPSA) is 134 Å². The van der Waals surface area contributed by atoms with E-state index in [2.05, 4.69) is 38.5 Å². The molecular weight excluding hydrogens is 901 g/mol. The minimum atomic E-state index is -2.97. The Labute approximate surface area is 369 Å². The number of fused-ring (bicyclic) bond motifs is 4. The number of aliphatic hydroxyl groups is 1. The molecule has 3 aromatic rings. The maximum Gasteiger partial charge on any atom is 0.344 e. The molecule has 4 aliphatic heterocycles. The largest absolute Gasteiger partial charge is 0.496 e. The van der Waals surface area contributed by atoms with Crippen molar-refractivity contribution in [1.29, 1.82) is 0 Å². The van der Waals surface area contributed by atoms with Crippen molar-refractivity contribution in [3.8, 4) is 5.75 Å². The summed E-state index contributed by atoms with van der Waals surface area (Å²) in [5.74, 6) is -5.72. The molecule has 1 saturated heterocycles. The molecule has 0 amide bonds. The van der Waals surface area contributed by atoms with Gasteiger partial charge in [0.1, 0.15) is 11.2 Å². The van der Waals surface area contributed by atoms with Crippen molar-refractivity contribution in [2.24, 2.45) is 11.3 Å². The van der Waals surface area contributed by atoms with Gasteiger partial charge in [-0.15, -0.1) is 0 Å². The van der Waals surface area contributed by atoms with Crippen LogP contribution in [0.1, 0.15) is 82.2 Å². The van der Waals surface area contributed by atoms with E-state index >= 15 is 13.6 Å². The van der Waals surface area contributed by atoms with Crippen LogP contribution >= 0.6 is 22.6 Å². The number of hydrogen-bond donors (Lipinski definition) is 2. The number of carbonyl (C=O) groups is 3. The van der Waals surface area contributed by atoms with Crippen molar-refractivity contribution in [3.63, 3.8) is 0 Å². The van der Waals surface area contributed by atoms with Crippen LogP contribution in [0.3, 0.4) is 0 Å². The average molecular weight is 959 g/mol. The van der Waals surface area contributed by atoms with Crippen molar-refractivity contribution in [2.75, 3.05) is 59.5 Å². The number of anilines is 1. The Hall–Kier alpha value is -3.80. The first kappa shape index (κ1) is 43.8. The predicted molar refractivity (Wildman–Crippen MR) is 234 cm³/mol. The van der Waals surface area contributed by atoms with E-state index in [1.165, 1.54) is 28.3 Å². The molecule has 0 radical (unpaired) electrons. The lowest BCUT2D eigenvalue weighted by Crippen LogP contribution is -2.81. The van der Waals surface area contributed by atoms with Crippen LogP contribution in [0, 0.1) is 14.9 Å². The maximum absolute atomic E-state index is 15.5. The van der Waals surface area contributed by atoms with Crippen LogP contribution in [0.5, 0.6) is 5.75 Å². The number of aromatic amines is 1. The van der Waals surface area contributed by atoms with Gasteiger partial charge in [-0.2, -0.15) is 0 Å². The van der Waals surface area contributed by atoms with Gasteiger partial charge in [-0.3, -0.25) is 19.4 Å². The van der Waals surface area contributed by atoms with Crippen LogP contribution in [-0.4, -0.2) is 122 Å². The molecule has 2 aromatic carbocycles. The Bertz CT molecular complexity index is 2300. The summed E-state index contributed by atoms with van der Waals surface area (Å²) in [5.41, 5.74) is -1.79. The molecule has 12 nitrogen and oxygen atoms in total. The zero-order chi connectivity index (χ0) is 44.0. The molecule has 0 bridgehead atoms. The number of ether oxygens (including phenoxy) is 4. The van der Waals surface area contributed by atoms with Gasteiger partial charge in [0, 0.05) is 93.9 Å².